The number of aryl methyl sites for hydroxylation is 1. The fourth-order valence-electron chi connectivity index (χ4n) is 4.60. The Kier molecular flexibility index (Phi) is 5.42. The fourth-order valence-corrected chi connectivity index (χ4v) is 4.60. The molecule has 34 heavy (non-hydrogen) atoms. The molecule has 2 heterocycles. The molecule has 1 fully saturated rings. The third-order valence-corrected chi connectivity index (χ3v) is 6.25. The summed E-state index contributed by atoms with van der Waals surface area (Å²) in [5.41, 5.74) is 2.02. The normalized spacial score (nSPS) is 17.5. The number of carbonyl (C=O) groups is 2. The number of carbonyl (C=O) groups excluding carboxylic acids is 2. The summed E-state index contributed by atoms with van der Waals surface area (Å²) >= 11 is 0. The van der Waals surface area contributed by atoms with Crippen LogP contribution in [0.4, 0.5) is 0 Å². The largest absolute Gasteiger partial charge is 0.507 e. The third-order valence-electron chi connectivity index (χ3n) is 6.25. The third kappa shape index (κ3) is 3.53. The highest BCUT2D eigenvalue weighted by atomic mass is 16.5. The number of aliphatic hydroxyl groups is 1. The Labute approximate surface area is 196 Å². The number of ether oxygens (including phenoxy) is 1. The number of aliphatic hydroxyl groups excluding tert-OH is 1. The average Bonchev–Trinajstić information content (AvgIpc) is 3.45. The first-order chi connectivity index (χ1) is 16.5. The van der Waals surface area contributed by atoms with E-state index in [-0.39, 0.29) is 17.9 Å². The van der Waals surface area contributed by atoms with Crippen LogP contribution in [0.15, 0.2) is 89.0 Å². The maximum atomic E-state index is 13.3. The standard InChI is InChI=1S/C28H23NO5/c1-17-15-19(33-2)12-13-21(17)26(30)24-25(23-11-5-8-18-7-3-4-10-22(18)23)29(28(32)27(24)31)16-20-9-6-14-34-20/h3-15,25,30H,16H2,1-2H3/b26-24+. The van der Waals surface area contributed by atoms with Crippen molar-refractivity contribution in [1.29, 1.82) is 0 Å². The number of hydrogen-bond acceptors (Lipinski definition) is 5. The Morgan fingerprint density at radius 3 is 2.56 bits per heavy atom. The first-order valence-electron chi connectivity index (χ1n) is 10.9. The monoisotopic (exact) mass is 453 g/mol. The Morgan fingerprint density at radius 2 is 1.82 bits per heavy atom. The molecule has 1 unspecified atom stereocenters. The lowest BCUT2D eigenvalue weighted by Gasteiger charge is -2.26. The Bertz CT molecular complexity index is 1430. The van der Waals surface area contributed by atoms with E-state index in [1.54, 1.807) is 37.4 Å². The van der Waals surface area contributed by atoms with Crippen LogP contribution in [0.5, 0.6) is 5.75 Å². The number of nitrogens with zero attached hydrogens (tertiary/aromatic N) is 1. The maximum Gasteiger partial charge on any atom is 0.296 e. The summed E-state index contributed by atoms with van der Waals surface area (Å²) in [6, 6.07) is 21.5. The summed E-state index contributed by atoms with van der Waals surface area (Å²) in [4.78, 5) is 28.1. The topological polar surface area (TPSA) is 80.0 Å². The van der Waals surface area contributed by atoms with Crippen LogP contribution in [0.2, 0.25) is 0 Å². The van der Waals surface area contributed by atoms with Crippen LogP contribution in [0.3, 0.4) is 0 Å². The van der Waals surface area contributed by atoms with Crippen LogP contribution in [-0.2, 0) is 16.1 Å². The van der Waals surface area contributed by atoms with Gasteiger partial charge in [0.2, 0.25) is 0 Å². The first-order valence-corrected chi connectivity index (χ1v) is 10.9. The summed E-state index contributed by atoms with van der Waals surface area (Å²) in [6.45, 7) is 1.92. The molecule has 1 aromatic heterocycles. The highest BCUT2D eigenvalue weighted by Gasteiger charge is 2.47. The van der Waals surface area contributed by atoms with Gasteiger partial charge in [0.25, 0.3) is 11.7 Å². The molecule has 170 valence electrons. The molecular weight excluding hydrogens is 430 g/mol. The van der Waals surface area contributed by atoms with Crippen LogP contribution in [-0.4, -0.2) is 28.8 Å². The van der Waals surface area contributed by atoms with Gasteiger partial charge in [-0.15, -0.1) is 0 Å². The Balaban J connectivity index is 1.74. The van der Waals surface area contributed by atoms with Crippen LogP contribution in [0.1, 0.15) is 28.5 Å². The van der Waals surface area contributed by atoms with E-state index >= 15 is 0 Å². The van der Waals surface area contributed by atoms with Gasteiger partial charge in [0, 0.05) is 5.56 Å². The van der Waals surface area contributed by atoms with Gasteiger partial charge in [0.05, 0.1) is 31.5 Å². The molecule has 1 saturated heterocycles. The van der Waals surface area contributed by atoms with Gasteiger partial charge < -0.3 is 19.2 Å². The van der Waals surface area contributed by atoms with E-state index in [0.29, 0.717) is 17.1 Å². The number of fused-ring (bicyclic) bond motifs is 1. The van der Waals surface area contributed by atoms with Gasteiger partial charge in [0.1, 0.15) is 17.3 Å². The first kappa shape index (κ1) is 21.5. The molecular formula is C28H23NO5. The molecule has 3 aromatic carbocycles. The van der Waals surface area contributed by atoms with Crippen molar-refractivity contribution in [2.24, 2.45) is 0 Å². The second-order valence-electron chi connectivity index (χ2n) is 8.26. The lowest BCUT2D eigenvalue weighted by molar-refractivity contribution is -0.140. The molecule has 6 nitrogen and oxygen atoms in total. The lowest BCUT2D eigenvalue weighted by Crippen LogP contribution is -2.29. The number of furan rings is 1. The maximum absolute atomic E-state index is 13.3. The molecule has 1 atom stereocenters. The number of ketones is 1. The number of benzene rings is 3. The lowest BCUT2D eigenvalue weighted by atomic mass is 9.91. The van der Waals surface area contributed by atoms with E-state index in [9.17, 15) is 14.7 Å². The molecule has 0 saturated carbocycles. The second kappa shape index (κ2) is 8.56. The van der Waals surface area contributed by atoms with Crippen molar-refractivity contribution in [3.8, 4) is 5.75 Å². The highest BCUT2D eigenvalue weighted by molar-refractivity contribution is 6.46. The average molecular weight is 453 g/mol. The van der Waals surface area contributed by atoms with E-state index in [1.165, 1.54) is 11.2 Å². The molecule has 4 aromatic rings. The summed E-state index contributed by atoms with van der Waals surface area (Å²) in [5.74, 6) is -0.427. The minimum atomic E-state index is -0.780. The molecule has 1 amide bonds. The zero-order chi connectivity index (χ0) is 23.8. The summed E-state index contributed by atoms with van der Waals surface area (Å²) in [6.07, 6.45) is 1.53. The van der Waals surface area contributed by atoms with E-state index in [1.807, 2.05) is 49.4 Å². The number of rotatable bonds is 5. The van der Waals surface area contributed by atoms with Crippen LogP contribution >= 0.6 is 0 Å². The molecule has 0 bridgehead atoms. The Hall–Kier alpha value is -4.32. The van der Waals surface area contributed by atoms with Crippen molar-refractivity contribution in [3.05, 3.63) is 107 Å². The van der Waals surface area contributed by atoms with Crippen LogP contribution in [0, 0.1) is 6.92 Å². The zero-order valence-electron chi connectivity index (χ0n) is 18.8. The molecule has 1 N–H and O–H groups in total. The molecule has 5 rings (SSSR count). The second-order valence-corrected chi connectivity index (χ2v) is 8.26. The quantitative estimate of drug-likeness (QED) is 0.250. The fraction of sp³-hybridized carbons (Fsp3) is 0.143. The molecule has 0 aliphatic carbocycles. The van der Waals surface area contributed by atoms with Gasteiger partial charge in [-0.1, -0.05) is 42.5 Å². The van der Waals surface area contributed by atoms with Gasteiger partial charge in [0.15, 0.2) is 0 Å². The molecule has 1 aliphatic heterocycles. The van der Waals surface area contributed by atoms with Crippen molar-refractivity contribution in [3.63, 3.8) is 0 Å². The smallest absolute Gasteiger partial charge is 0.296 e. The van der Waals surface area contributed by atoms with E-state index in [2.05, 4.69) is 0 Å². The molecule has 0 radical (unpaired) electrons. The Morgan fingerprint density at radius 1 is 1.03 bits per heavy atom. The van der Waals surface area contributed by atoms with Crippen LogP contribution in [0.25, 0.3) is 16.5 Å². The van der Waals surface area contributed by atoms with Crippen molar-refractivity contribution in [2.75, 3.05) is 7.11 Å². The molecule has 1 aliphatic rings. The van der Waals surface area contributed by atoms with Gasteiger partial charge in [-0.3, -0.25) is 9.59 Å². The molecule has 6 heteroatoms. The van der Waals surface area contributed by atoms with Gasteiger partial charge in [-0.2, -0.15) is 0 Å². The van der Waals surface area contributed by atoms with Crippen molar-refractivity contribution < 1.29 is 23.8 Å². The predicted molar refractivity (Wildman–Crippen MR) is 128 cm³/mol. The van der Waals surface area contributed by atoms with Gasteiger partial charge in [-0.25, -0.2) is 0 Å². The van der Waals surface area contributed by atoms with E-state index < -0.39 is 17.7 Å². The van der Waals surface area contributed by atoms with Gasteiger partial charge in [-0.05, 0) is 59.2 Å². The van der Waals surface area contributed by atoms with Gasteiger partial charge >= 0.3 is 0 Å². The van der Waals surface area contributed by atoms with Crippen molar-refractivity contribution in [2.45, 2.75) is 19.5 Å². The molecule has 0 spiro atoms. The minimum Gasteiger partial charge on any atom is -0.507 e. The number of hydrogen-bond donors (Lipinski definition) is 1. The highest BCUT2D eigenvalue weighted by Crippen LogP contribution is 2.43. The predicted octanol–water partition coefficient (Wildman–Crippen LogP) is 5.37. The zero-order valence-corrected chi connectivity index (χ0v) is 18.8. The number of methoxy groups -OCH3 is 1. The van der Waals surface area contributed by atoms with E-state index in [4.69, 9.17) is 9.15 Å². The van der Waals surface area contributed by atoms with Crippen molar-refractivity contribution in [1.82, 2.24) is 4.90 Å². The minimum absolute atomic E-state index is 0.0566. The number of amides is 1. The number of likely N-dealkylation sites (tertiary alicyclic amines) is 1. The van der Waals surface area contributed by atoms with E-state index in [0.717, 1.165) is 21.9 Å². The SMILES string of the molecule is COc1ccc(/C(O)=C2\C(=O)C(=O)N(Cc3ccco3)C2c2cccc3ccccc23)c(C)c1. The summed E-state index contributed by atoms with van der Waals surface area (Å²) < 4.78 is 10.7. The summed E-state index contributed by atoms with van der Waals surface area (Å²) in [7, 11) is 1.56. The van der Waals surface area contributed by atoms with Crippen LogP contribution < -0.4 is 4.74 Å². The number of Topliss-reactive ketones (excluding diaryl/α,β-unsaturated/α-hetero) is 1. The van der Waals surface area contributed by atoms with Crippen molar-refractivity contribution >= 4 is 28.2 Å². The summed E-state index contributed by atoms with van der Waals surface area (Å²) in [5, 5.41) is 13.3.